The highest BCUT2D eigenvalue weighted by atomic mass is 32.1. The second-order valence-corrected chi connectivity index (χ2v) is 4.74. The van der Waals surface area contributed by atoms with Crippen LogP contribution in [0.5, 0.6) is 0 Å². The first-order chi connectivity index (χ1) is 7.70. The summed E-state index contributed by atoms with van der Waals surface area (Å²) in [6.07, 6.45) is 1.01. The van der Waals surface area contributed by atoms with Crippen LogP contribution < -0.4 is 0 Å². The van der Waals surface area contributed by atoms with Crippen LogP contribution in [0.2, 0.25) is 0 Å². The number of benzene rings is 2. The molecular weight excluding hydrogens is 232 g/mol. The Kier molecular flexibility index (Phi) is 3.62. The summed E-state index contributed by atoms with van der Waals surface area (Å²) < 4.78 is 0. The minimum absolute atomic E-state index is 0.991. The third-order valence-corrected chi connectivity index (χ3v) is 3.40. The molecule has 0 aromatic heterocycles. The maximum Gasteiger partial charge on any atom is 0.00723 e. The van der Waals surface area contributed by atoms with E-state index in [0.29, 0.717) is 0 Å². The minimum Gasteiger partial charge on any atom is -0.143 e. The lowest BCUT2D eigenvalue weighted by Gasteiger charge is -2.07. The van der Waals surface area contributed by atoms with Crippen molar-refractivity contribution in [1.29, 1.82) is 0 Å². The second-order valence-electron chi connectivity index (χ2n) is 3.74. The third kappa shape index (κ3) is 2.45. The summed E-state index contributed by atoms with van der Waals surface area (Å²) in [5.74, 6) is 0. The molecule has 0 aliphatic rings. The highest BCUT2D eigenvalue weighted by Gasteiger charge is 2.01. The molecule has 2 aromatic rings. The first-order valence-electron chi connectivity index (χ1n) is 5.32. The van der Waals surface area contributed by atoms with E-state index in [0.717, 1.165) is 16.2 Å². The quantitative estimate of drug-likeness (QED) is 0.717. The predicted octanol–water partition coefficient (Wildman–Crippen LogP) is 4.49. The number of thiol groups is 2. The molecule has 0 amide bonds. The lowest BCUT2D eigenvalue weighted by Crippen LogP contribution is -1.85. The summed E-state index contributed by atoms with van der Waals surface area (Å²) in [6, 6.07) is 14.6. The van der Waals surface area contributed by atoms with Crippen LogP contribution in [0.3, 0.4) is 0 Å². The Labute approximate surface area is 108 Å². The number of hydrogen-bond acceptors (Lipinski definition) is 2. The van der Waals surface area contributed by atoms with Gasteiger partial charge in [0.2, 0.25) is 0 Å². The summed E-state index contributed by atoms with van der Waals surface area (Å²) in [5.41, 5.74) is 3.75. The molecule has 0 spiro atoms. The van der Waals surface area contributed by atoms with Gasteiger partial charge in [-0.15, -0.1) is 25.3 Å². The van der Waals surface area contributed by atoms with Crippen LogP contribution in [-0.2, 0) is 6.42 Å². The van der Waals surface area contributed by atoms with Crippen LogP contribution in [0, 0.1) is 0 Å². The lowest BCUT2D eigenvalue weighted by atomic mass is 10.0. The Bertz CT molecular complexity index is 487. The molecule has 0 unspecified atom stereocenters. The number of rotatable bonds is 2. The van der Waals surface area contributed by atoms with Gasteiger partial charge >= 0.3 is 0 Å². The van der Waals surface area contributed by atoms with E-state index < -0.39 is 0 Å². The topological polar surface area (TPSA) is 0 Å². The second kappa shape index (κ2) is 4.98. The molecule has 0 heterocycles. The molecule has 0 saturated heterocycles. The molecule has 2 rings (SSSR count). The standard InChI is InChI=1S/C14H14S2/c1-2-10-9-12(5-8-14(10)16)11-3-6-13(15)7-4-11/h3-9,15-16H,2H2,1H3. The molecule has 2 heteroatoms. The van der Waals surface area contributed by atoms with Gasteiger partial charge in [0.05, 0.1) is 0 Å². The molecule has 0 radical (unpaired) electrons. The van der Waals surface area contributed by atoms with Crippen molar-refractivity contribution in [1.82, 2.24) is 0 Å². The van der Waals surface area contributed by atoms with Gasteiger partial charge in [-0.25, -0.2) is 0 Å². The Hall–Kier alpha value is -0.860. The van der Waals surface area contributed by atoms with E-state index in [-0.39, 0.29) is 0 Å². The summed E-state index contributed by atoms with van der Waals surface area (Å²) in [6.45, 7) is 2.15. The molecule has 2 aromatic carbocycles. The van der Waals surface area contributed by atoms with E-state index >= 15 is 0 Å². The van der Waals surface area contributed by atoms with Crippen LogP contribution >= 0.6 is 25.3 Å². The molecule has 0 atom stereocenters. The largest absolute Gasteiger partial charge is 0.143 e. The van der Waals surface area contributed by atoms with Gasteiger partial charge in [0.25, 0.3) is 0 Å². The maximum absolute atomic E-state index is 4.44. The normalized spacial score (nSPS) is 10.4. The SMILES string of the molecule is CCc1cc(-c2ccc(S)cc2)ccc1S. The first-order valence-corrected chi connectivity index (χ1v) is 6.21. The highest BCUT2D eigenvalue weighted by Crippen LogP contribution is 2.25. The summed E-state index contributed by atoms with van der Waals surface area (Å²) >= 11 is 8.73. The summed E-state index contributed by atoms with van der Waals surface area (Å²) in [4.78, 5) is 2.06. The Morgan fingerprint density at radius 2 is 1.50 bits per heavy atom. The number of hydrogen-bond donors (Lipinski definition) is 2. The zero-order valence-corrected chi connectivity index (χ0v) is 10.9. The summed E-state index contributed by atoms with van der Waals surface area (Å²) in [5, 5.41) is 0. The molecule has 0 N–H and O–H groups in total. The van der Waals surface area contributed by atoms with Crippen LogP contribution in [0.25, 0.3) is 11.1 Å². The average molecular weight is 246 g/mol. The van der Waals surface area contributed by atoms with Crippen LogP contribution in [0.1, 0.15) is 12.5 Å². The van der Waals surface area contributed by atoms with Gasteiger partial charge in [0.15, 0.2) is 0 Å². The maximum atomic E-state index is 4.44. The zero-order chi connectivity index (χ0) is 11.5. The van der Waals surface area contributed by atoms with Gasteiger partial charge in [-0.1, -0.05) is 31.2 Å². The molecule has 0 aliphatic carbocycles. The predicted molar refractivity (Wildman–Crippen MR) is 75.8 cm³/mol. The van der Waals surface area contributed by atoms with Crippen molar-refractivity contribution in [2.75, 3.05) is 0 Å². The molecule has 0 saturated carbocycles. The van der Waals surface area contributed by atoms with E-state index in [9.17, 15) is 0 Å². The summed E-state index contributed by atoms with van der Waals surface area (Å²) in [7, 11) is 0. The van der Waals surface area contributed by atoms with Crippen molar-refractivity contribution < 1.29 is 0 Å². The van der Waals surface area contributed by atoms with E-state index in [2.05, 4.69) is 62.5 Å². The molecular formula is C14H14S2. The van der Waals surface area contributed by atoms with Gasteiger partial charge in [-0.3, -0.25) is 0 Å². The van der Waals surface area contributed by atoms with Crippen LogP contribution in [0.4, 0.5) is 0 Å². The fraction of sp³-hybridized carbons (Fsp3) is 0.143. The van der Waals surface area contributed by atoms with Crippen molar-refractivity contribution in [3.63, 3.8) is 0 Å². The van der Waals surface area contributed by atoms with Crippen LogP contribution in [-0.4, -0.2) is 0 Å². The monoisotopic (exact) mass is 246 g/mol. The van der Waals surface area contributed by atoms with Gasteiger partial charge in [0, 0.05) is 9.79 Å². The third-order valence-electron chi connectivity index (χ3n) is 2.66. The Balaban J connectivity index is 2.44. The van der Waals surface area contributed by atoms with Crippen molar-refractivity contribution in [2.45, 2.75) is 23.1 Å². The van der Waals surface area contributed by atoms with Gasteiger partial charge < -0.3 is 0 Å². The first kappa shape index (κ1) is 11.6. The smallest absolute Gasteiger partial charge is 0.00723 e. The lowest BCUT2D eigenvalue weighted by molar-refractivity contribution is 1.09. The molecule has 0 bridgehead atoms. The van der Waals surface area contributed by atoms with Crippen molar-refractivity contribution in [3.05, 3.63) is 48.0 Å². The number of aryl methyl sites for hydroxylation is 1. The van der Waals surface area contributed by atoms with Gasteiger partial charge in [-0.05, 0) is 41.3 Å². The molecule has 0 fully saturated rings. The van der Waals surface area contributed by atoms with E-state index in [4.69, 9.17) is 0 Å². The average Bonchev–Trinajstić information content (AvgIpc) is 2.31. The molecule has 0 nitrogen and oxygen atoms in total. The fourth-order valence-electron chi connectivity index (χ4n) is 1.70. The molecule has 16 heavy (non-hydrogen) atoms. The fourth-order valence-corrected chi connectivity index (χ4v) is 2.15. The highest BCUT2D eigenvalue weighted by molar-refractivity contribution is 7.80. The molecule has 82 valence electrons. The minimum atomic E-state index is 0.991. The van der Waals surface area contributed by atoms with Crippen molar-refractivity contribution >= 4 is 25.3 Å². The van der Waals surface area contributed by atoms with Crippen LogP contribution in [0.15, 0.2) is 52.3 Å². The van der Waals surface area contributed by atoms with E-state index in [1.54, 1.807) is 0 Å². The van der Waals surface area contributed by atoms with Gasteiger partial charge in [-0.2, -0.15) is 0 Å². The van der Waals surface area contributed by atoms with E-state index in [1.165, 1.54) is 16.7 Å². The van der Waals surface area contributed by atoms with Gasteiger partial charge in [0.1, 0.15) is 0 Å². The zero-order valence-electron chi connectivity index (χ0n) is 9.14. The Morgan fingerprint density at radius 3 is 2.12 bits per heavy atom. The Morgan fingerprint density at radius 1 is 0.875 bits per heavy atom. The van der Waals surface area contributed by atoms with Crippen molar-refractivity contribution in [2.24, 2.45) is 0 Å². The molecule has 0 aliphatic heterocycles. The van der Waals surface area contributed by atoms with Crippen molar-refractivity contribution in [3.8, 4) is 11.1 Å². The van der Waals surface area contributed by atoms with E-state index in [1.807, 2.05) is 12.1 Å².